The fourth-order valence-electron chi connectivity index (χ4n) is 3.07. The van der Waals surface area contributed by atoms with E-state index in [9.17, 15) is 15.2 Å². The molecule has 0 bridgehead atoms. The number of hydrogen-bond acceptors (Lipinski definition) is 5. The van der Waals surface area contributed by atoms with E-state index in [0.717, 1.165) is 16.9 Å². The molecule has 0 heterocycles. The summed E-state index contributed by atoms with van der Waals surface area (Å²) in [6.07, 6.45) is -0.387. The van der Waals surface area contributed by atoms with Crippen LogP contribution in [0.3, 0.4) is 0 Å². The molecule has 3 aromatic rings. The summed E-state index contributed by atoms with van der Waals surface area (Å²) in [7, 11) is 1.60. The summed E-state index contributed by atoms with van der Waals surface area (Å²) in [5, 5.41) is 25.7. The second-order valence-electron chi connectivity index (χ2n) is 6.58. The third-order valence-corrected chi connectivity index (χ3v) is 4.88. The second-order valence-corrected chi connectivity index (χ2v) is 7.02. The van der Waals surface area contributed by atoms with Gasteiger partial charge in [-0.3, -0.25) is 10.1 Å². The van der Waals surface area contributed by atoms with Gasteiger partial charge in [0, 0.05) is 29.3 Å². The molecule has 0 aliphatic rings. The van der Waals surface area contributed by atoms with E-state index in [0.29, 0.717) is 17.1 Å². The predicted molar refractivity (Wildman–Crippen MR) is 113 cm³/mol. The van der Waals surface area contributed by atoms with Gasteiger partial charge in [0.2, 0.25) is 0 Å². The Labute approximate surface area is 173 Å². The number of anilines is 1. The van der Waals surface area contributed by atoms with Gasteiger partial charge < -0.3 is 15.2 Å². The Morgan fingerprint density at radius 2 is 1.72 bits per heavy atom. The number of aliphatic hydroxyl groups is 1. The van der Waals surface area contributed by atoms with Crippen molar-refractivity contribution in [3.05, 3.63) is 99.1 Å². The Hall–Kier alpha value is -3.09. The largest absolute Gasteiger partial charge is 0.497 e. The van der Waals surface area contributed by atoms with Gasteiger partial charge in [0.05, 0.1) is 24.2 Å². The lowest BCUT2D eigenvalue weighted by molar-refractivity contribution is -0.384. The molecule has 0 aliphatic heterocycles. The van der Waals surface area contributed by atoms with Gasteiger partial charge in [0.25, 0.3) is 5.69 Å². The SMILES string of the molecule is COc1ccc(C(CC(O)c2ccc(Cl)cc2)Nc2cccc([N+](=O)[O-])c2)cc1. The van der Waals surface area contributed by atoms with Crippen LogP contribution in [0.15, 0.2) is 72.8 Å². The number of benzene rings is 3. The highest BCUT2D eigenvalue weighted by molar-refractivity contribution is 6.30. The number of hydrogen-bond donors (Lipinski definition) is 2. The van der Waals surface area contributed by atoms with Gasteiger partial charge in [0.1, 0.15) is 5.75 Å². The van der Waals surface area contributed by atoms with E-state index >= 15 is 0 Å². The van der Waals surface area contributed by atoms with Gasteiger partial charge in [-0.25, -0.2) is 0 Å². The van der Waals surface area contributed by atoms with E-state index in [1.54, 1.807) is 43.5 Å². The summed E-state index contributed by atoms with van der Waals surface area (Å²) < 4.78 is 5.21. The van der Waals surface area contributed by atoms with Crippen LogP contribution in [0.4, 0.5) is 11.4 Å². The lowest BCUT2D eigenvalue weighted by Gasteiger charge is -2.24. The number of nitrogens with one attached hydrogen (secondary N) is 1. The van der Waals surface area contributed by atoms with Crippen LogP contribution in [0.2, 0.25) is 5.02 Å². The van der Waals surface area contributed by atoms with E-state index in [2.05, 4.69) is 5.32 Å². The number of nitrogens with zero attached hydrogens (tertiary/aromatic N) is 1. The zero-order chi connectivity index (χ0) is 20.8. The number of non-ortho nitro benzene ring substituents is 1. The van der Waals surface area contributed by atoms with Gasteiger partial charge in [-0.1, -0.05) is 41.9 Å². The van der Waals surface area contributed by atoms with Gasteiger partial charge in [-0.2, -0.15) is 0 Å². The molecule has 2 unspecified atom stereocenters. The minimum absolute atomic E-state index is 0.00160. The van der Waals surface area contributed by atoms with Gasteiger partial charge in [-0.05, 0) is 41.5 Å². The van der Waals surface area contributed by atoms with Crippen LogP contribution in [0.5, 0.6) is 5.75 Å². The van der Waals surface area contributed by atoms with Crippen LogP contribution in [0, 0.1) is 10.1 Å². The van der Waals surface area contributed by atoms with Crippen molar-refractivity contribution in [3.63, 3.8) is 0 Å². The van der Waals surface area contributed by atoms with Crippen LogP contribution < -0.4 is 10.1 Å². The van der Waals surface area contributed by atoms with Crippen LogP contribution in [-0.4, -0.2) is 17.1 Å². The lowest BCUT2D eigenvalue weighted by atomic mass is 9.96. The number of nitro benzene ring substituents is 1. The van der Waals surface area contributed by atoms with Crippen molar-refractivity contribution < 1.29 is 14.8 Å². The highest BCUT2D eigenvalue weighted by Gasteiger charge is 2.19. The van der Waals surface area contributed by atoms with E-state index in [1.807, 2.05) is 24.3 Å². The van der Waals surface area contributed by atoms with Crippen molar-refractivity contribution in [3.8, 4) is 5.75 Å². The molecule has 0 spiro atoms. The molecule has 0 aromatic heterocycles. The Morgan fingerprint density at radius 1 is 1.07 bits per heavy atom. The molecule has 3 rings (SSSR count). The number of nitro groups is 1. The third kappa shape index (κ3) is 5.47. The summed E-state index contributed by atoms with van der Waals surface area (Å²) >= 11 is 5.93. The monoisotopic (exact) mass is 412 g/mol. The molecule has 0 aliphatic carbocycles. The van der Waals surface area contributed by atoms with Gasteiger partial charge in [-0.15, -0.1) is 0 Å². The Bertz CT molecular complexity index is 961. The molecule has 6 nitrogen and oxygen atoms in total. The predicted octanol–water partition coefficient (Wildman–Crippen LogP) is 5.53. The Kier molecular flexibility index (Phi) is 6.69. The van der Waals surface area contributed by atoms with Crippen LogP contribution in [-0.2, 0) is 0 Å². The minimum Gasteiger partial charge on any atom is -0.497 e. The summed E-state index contributed by atoms with van der Waals surface area (Å²) in [4.78, 5) is 10.6. The van der Waals surface area contributed by atoms with Crippen molar-refractivity contribution in [2.45, 2.75) is 18.6 Å². The standard InChI is InChI=1S/C22H21ClN2O4/c1-29-20-11-7-15(8-12-20)21(14-22(26)16-5-9-17(23)10-6-16)24-18-3-2-4-19(13-18)25(27)28/h2-13,21-22,24,26H,14H2,1H3. The van der Waals surface area contributed by atoms with E-state index in [4.69, 9.17) is 16.3 Å². The van der Waals surface area contributed by atoms with Crippen LogP contribution in [0.1, 0.15) is 29.7 Å². The molecular weight excluding hydrogens is 392 g/mol. The summed E-state index contributed by atoms with van der Waals surface area (Å²) in [6.45, 7) is 0. The van der Waals surface area contributed by atoms with Gasteiger partial charge >= 0.3 is 0 Å². The quantitative estimate of drug-likeness (QED) is 0.375. The Balaban J connectivity index is 1.87. The zero-order valence-corrected chi connectivity index (χ0v) is 16.5. The zero-order valence-electron chi connectivity index (χ0n) is 15.8. The molecule has 29 heavy (non-hydrogen) atoms. The molecule has 0 saturated heterocycles. The van der Waals surface area contributed by atoms with Crippen molar-refractivity contribution in [1.82, 2.24) is 0 Å². The number of rotatable bonds is 8. The molecule has 0 radical (unpaired) electrons. The lowest BCUT2D eigenvalue weighted by Crippen LogP contribution is -2.15. The maximum Gasteiger partial charge on any atom is 0.271 e. The maximum atomic E-state index is 11.1. The highest BCUT2D eigenvalue weighted by Crippen LogP contribution is 2.32. The first-order valence-electron chi connectivity index (χ1n) is 9.04. The second kappa shape index (κ2) is 9.41. The first-order chi connectivity index (χ1) is 14.0. The fraction of sp³-hybridized carbons (Fsp3) is 0.182. The topological polar surface area (TPSA) is 84.6 Å². The first-order valence-corrected chi connectivity index (χ1v) is 9.42. The average Bonchev–Trinajstić information content (AvgIpc) is 2.74. The first kappa shape index (κ1) is 20.6. The normalized spacial score (nSPS) is 12.8. The molecule has 0 amide bonds. The Morgan fingerprint density at radius 3 is 2.34 bits per heavy atom. The van der Waals surface area contributed by atoms with Crippen molar-refractivity contribution in [2.75, 3.05) is 12.4 Å². The average molecular weight is 413 g/mol. The molecule has 0 fully saturated rings. The summed E-state index contributed by atoms with van der Waals surface area (Å²) in [6, 6.07) is 20.5. The van der Waals surface area contributed by atoms with E-state index < -0.39 is 11.0 Å². The molecule has 3 aromatic carbocycles. The highest BCUT2D eigenvalue weighted by atomic mass is 35.5. The van der Waals surface area contributed by atoms with E-state index in [-0.39, 0.29) is 11.7 Å². The summed E-state index contributed by atoms with van der Waals surface area (Å²) in [5.41, 5.74) is 2.27. The molecule has 0 saturated carbocycles. The molecular formula is C22H21ClN2O4. The number of aliphatic hydroxyl groups excluding tert-OH is 1. The smallest absolute Gasteiger partial charge is 0.271 e. The van der Waals surface area contributed by atoms with Crippen molar-refractivity contribution >= 4 is 23.0 Å². The molecule has 2 N–H and O–H groups in total. The van der Waals surface area contributed by atoms with Gasteiger partial charge in [0.15, 0.2) is 0 Å². The summed E-state index contributed by atoms with van der Waals surface area (Å²) in [5.74, 6) is 0.723. The van der Waals surface area contributed by atoms with Crippen LogP contribution >= 0.6 is 11.6 Å². The molecule has 2 atom stereocenters. The molecule has 150 valence electrons. The van der Waals surface area contributed by atoms with E-state index in [1.165, 1.54) is 12.1 Å². The van der Waals surface area contributed by atoms with Crippen molar-refractivity contribution in [2.24, 2.45) is 0 Å². The third-order valence-electron chi connectivity index (χ3n) is 4.63. The number of ether oxygens (including phenoxy) is 1. The number of halogens is 1. The molecule has 7 heteroatoms. The minimum atomic E-state index is -0.745. The fourth-order valence-corrected chi connectivity index (χ4v) is 3.20. The van der Waals surface area contributed by atoms with Crippen molar-refractivity contribution in [1.29, 1.82) is 0 Å². The maximum absolute atomic E-state index is 11.1. The van der Waals surface area contributed by atoms with Crippen LogP contribution in [0.25, 0.3) is 0 Å². The number of methoxy groups -OCH3 is 1.